The van der Waals surface area contributed by atoms with Gasteiger partial charge in [-0.2, -0.15) is 0 Å². The van der Waals surface area contributed by atoms with Crippen LogP contribution in [0.5, 0.6) is 0 Å². The van der Waals surface area contributed by atoms with Gasteiger partial charge in [-0.1, -0.05) is 24.6 Å². The number of nitrogens with two attached hydrogens (primary N) is 1. The van der Waals surface area contributed by atoms with Crippen LogP contribution in [0, 0.1) is 5.92 Å². The number of carbonyl (C=O) groups excluding carboxylic acids is 2. The number of nitrogen functional groups attached to an aromatic ring is 1. The number of amides is 1. The Hall–Kier alpha value is -2.47. The van der Waals surface area contributed by atoms with E-state index < -0.39 is 0 Å². The highest BCUT2D eigenvalue weighted by Gasteiger charge is 2.31. The van der Waals surface area contributed by atoms with E-state index in [0.717, 1.165) is 48.6 Å². The second-order valence-corrected chi connectivity index (χ2v) is 9.70. The normalized spacial score (nSPS) is 24.6. The van der Waals surface area contributed by atoms with Crippen molar-refractivity contribution in [2.24, 2.45) is 5.92 Å². The van der Waals surface area contributed by atoms with Crippen molar-refractivity contribution in [3.05, 3.63) is 36.0 Å². The third-order valence-electron chi connectivity index (χ3n) is 7.44. The number of benzene rings is 1. The number of nitrogens with zero attached hydrogens (tertiary/aromatic N) is 3. The SMILES string of the molecule is C[C@@H]1CCC[C@H](C)N1CC(=O)N1CCC[C@@H](C(=O)CCc2ccc3c(N)nccc3c2)C1. The molecule has 1 amide bonds. The van der Waals surface area contributed by atoms with E-state index >= 15 is 0 Å². The Balaban J connectivity index is 1.32. The van der Waals surface area contributed by atoms with Crippen molar-refractivity contribution in [1.82, 2.24) is 14.8 Å². The molecule has 2 N–H and O–H groups in total. The largest absolute Gasteiger partial charge is 0.383 e. The summed E-state index contributed by atoms with van der Waals surface area (Å²) in [7, 11) is 0. The number of pyridine rings is 1. The van der Waals surface area contributed by atoms with E-state index in [2.05, 4.69) is 29.8 Å². The predicted octanol–water partition coefficient (Wildman–Crippen LogP) is 3.82. The molecule has 1 aromatic carbocycles. The van der Waals surface area contributed by atoms with Gasteiger partial charge in [0.2, 0.25) is 5.91 Å². The number of likely N-dealkylation sites (tertiary alicyclic amines) is 2. The van der Waals surface area contributed by atoms with Crippen LogP contribution in [0.15, 0.2) is 30.5 Å². The van der Waals surface area contributed by atoms with Crippen LogP contribution in [0.1, 0.15) is 57.9 Å². The van der Waals surface area contributed by atoms with E-state index in [9.17, 15) is 9.59 Å². The number of aromatic nitrogens is 1. The van der Waals surface area contributed by atoms with Crippen LogP contribution in [0.2, 0.25) is 0 Å². The van der Waals surface area contributed by atoms with Crippen LogP contribution in [-0.4, -0.2) is 58.2 Å². The highest BCUT2D eigenvalue weighted by molar-refractivity contribution is 5.91. The van der Waals surface area contributed by atoms with Gasteiger partial charge < -0.3 is 10.6 Å². The van der Waals surface area contributed by atoms with Crippen molar-refractivity contribution in [2.45, 2.75) is 70.9 Å². The lowest BCUT2D eigenvalue weighted by molar-refractivity contribution is -0.137. The van der Waals surface area contributed by atoms with Crippen molar-refractivity contribution in [2.75, 3.05) is 25.4 Å². The first-order valence-electron chi connectivity index (χ1n) is 12.1. The first kappa shape index (κ1) is 22.7. The molecular formula is C26H36N4O2. The van der Waals surface area contributed by atoms with E-state index in [0.29, 0.717) is 43.8 Å². The van der Waals surface area contributed by atoms with Gasteiger partial charge in [0.05, 0.1) is 6.54 Å². The van der Waals surface area contributed by atoms with Crippen molar-refractivity contribution < 1.29 is 9.59 Å². The Morgan fingerprint density at radius 2 is 1.88 bits per heavy atom. The molecule has 3 atom stereocenters. The van der Waals surface area contributed by atoms with Gasteiger partial charge in [-0.05, 0) is 63.0 Å². The van der Waals surface area contributed by atoms with Crippen LogP contribution in [0.3, 0.4) is 0 Å². The topological polar surface area (TPSA) is 79.5 Å². The molecule has 0 bridgehead atoms. The van der Waals surface area contributed by atoms with Gasteiger partial charge in [0, 0.05) is 49.1 Å². The number of Topliss-reactive ketones (excluding diaryl/α,β-unsaturated/α-hetero) is 1. The van der Waals surface area contributed by atoms with Gasteiger partial charge in [-0.25, -0.2) is 4.98 Å². The number of hydrogen-bond acceptors (Lipinski definition) is 5. The Kier molecular flexibility index (Phi) is 7.09. The number of fused-ring (bicyclic) bond motifs is 1. The molecule has 0 saturated carbocycles. The number of aryl methyl sites for hydroxylation is 1. The van der Waals surface area contributed by atoms with E-state index in [-0.39, 0.29) is 17.6 Å². The maximum absolute atomic E-state index is 13.0. The number of carbonyl (C=O) groups is 2. The quantitative estimate of drug-likeness (QED) is 0.745. The lowest BCUT2D eigenvalue weighted by Crippen LogP contribution is -2.51. The highest BCUT2D eigenvalue weighted by atomic mass is 16.2. The minimum Gasteiger partial charge on any atom is -0.383 e. The zero-order chi connectivity index (χ0) is 22.7. The molecule has 0 aliphatic carbocycles. The standard InChI is InChI=1S/C26H36N4O2/c1-18-5-3-6-19(2)30(18)17-25(32)29-14-4-7-22(16-29)24(31)11-9-20-8-10-23-21(15-20)12-13-28-26(23)27/h8,10,12-13,15,18-19,22H,3-7,9,11,14,16-17H2,1-2H3,(H2,27,28)/t18-,19+,22-/m1/s1. The monoisotopic (exact) mass is 436 g/mol. The summed E-state index contributed by atoms with van der Waals surface area (Å²) in [5.41, 5.74) is 7.07. The zero-order valence-electron chi connectivity index (χ0n) is 19.4. The minimum atomic E-state index is -0.0378. The summed E-state index contributed by atoms with van der Waals surface area (Å²) in [5.74, 6) is 0.954. The van der Waals surface area contributed by atoms with Crippen LogP contribution >= 0.6 is 0 Å². The third-order valence-corrected chi connectivity index (χ3v) is 7.44. The average molecular weight is 437 g/mol. The summed E-state index contributed by atoms with van der Waals surface area (Å²) in [4.78, 5) is 34.4. The Morgan fingerprint density at radius 3 is 2.66 bits per heavy atom. The molecule has 2 aromatic rings. The molecule has 2 aliphatic rings. The van der Waals surface area contributed by atoms with Gasteiger partial charge in [-0.3, -0.25) is 14.5 Å². The summed E-state index contributed by atoms with van der Waals surface area (Å²) in [6.45, 7) is 6.29. The fourth-order valence-corrected chi connectivity index (χ4v) is 5.39. The van der Waals surface area contributed by atoms with Crippen molar-refractivity contribution in [1.29, 1.82) is 0 Å². The van der Waals surface area contributed by atoms with Gasteiger partial charge in [-0.15, -0.1) is 0 Å². The van der Waals surface area contributed by atoms with E-state index in [1.165, 1.54) is 6.42 Å². The molecule has 0 radical (unpaired) electrons. The Morgan fingerprint density at radius 1 is 1.09 bits per heavy atom. The lowest BCUT2D eigenvalue weighted by atomic mass is 9.90. The van der Waals surface area contributed by atoms with Crippen LogP contribution in [0.4, 0.5) is 5.82 Å². The molecule has 32 heavy (non-hydrogen) atoms. The number of ketones is 1. The molecule has 6 nitrogen and oxygen atoms in total. The molecule has 2 fully saturated rings. The van der Waals surface area contributed by atoms with Crippen LogP contribution < -0.4 is 5.73 Å². The zero-order valence-corrected chi connectivity index (χ0v) is 19.4. The minimum absolute atomic E-state index is 0.0378. The van der Waals surface area contributed by atoms with E-state index in [1.54, 1.807) is 6.20 Å². The van der Waals surface area contributed by atoms with Gasteiger partial charge in [0.25, 0.3) is 0 Å². The Labute approximate surface area is 191 Å². The molecule has 2 aliphatic heterocycles. The molecule has 172 valence electrons. The van der Waals surface area contributed by atoms with Crippen LogP contribution in [0.25, 0.3) is 10.8 Å². The molecule has 0 unspecified atom stereocenters. The van der Waals surface area contributed by atoms with Crippen LogP contribution in [-0.2, 0) is 16.0 Å². The summed E-state index contributed by atoms with van der Waals surface area (Å²) < 4.78 is 0. The number of hydrogen-bond donors (Lipinski definition) is 1. The van der Waals surface area contributed by atoms with Gasteiger partial charge in [0.1, 0.15) is 11.6 Å². The van der Waals surface area contributed by atoms with Gasteiger partial charge >= 0.3 is 0 Å². The molecule has 3 heterocycles. The second kappa shape index (κ2) is 9.99. The van der Waals surface area contributed by atoms with Crippen molar-refractivity contribution in [3.63, 3.8) is 0 Å². The fraction of sp³-hybridized carbons (Fsp3) is 0.577. The van der Waals surface area contributed by atoms with Gasteiger partial charge in [0.15, 0.2) is 0 Å². The van der Waals surface area contributed by atoms with E-state index in [4.69, 9.17) is 5.73 Å². The van der Waals surface area contributed by atoms with Crippen molar-refractivity contribution in [3.8, 4) is 0 Å². The number of anilines is 1. The molecule has 4 rings (SSSR count). The predicted molar refractivity (Wildman–Crippen MR) is 128 cm³/mol. The third kappa shape index (κ3) is 5.12. The molecule has 2 saturated heterocycles. The smallest absolute Gasteiger partial charge is 0.236 e. The first-order chi connectivity index (χ1) is 15.4. The number of piperidine rings is 2. The Bertz CT molecular complexity index is 965. The summed E-state index contributed by atoms with van der Waals surface area (Å²) in [6.07, 6.45) is 8.31. The maximum atomic E-state index is 13.0. The first-order valence-corrected chi connectivity index (χ1v) is 12.1. The summed E-state index contributed by atoms with van der Waals surface area (Å²) in [6, 6.07) is 8.98. The number of rotatable bonds is 6. The summed E-state index contributed by atoms with van der Waals surface area (Å²) >= 11 is 0. The fourth-order valence-electron chi connectivity index (χ4n) is 5.39. The van der Waals surface area contributed by atoms with Crippen molar-refractivity contribution >= 4 is 28.3 Å². The van der Waals surface area contributed by atoms with E-state index in [1.807, 2.05) is 23.1 Å². The molecule has 0 spiro atoms. The summed E-state index contributed by atoms with van der Waals surface area (Å²) in [5, 5.41) is 2.00. The average Bonchev–Trinajstić information content (AvgIpc) is 2.80. The molecule has 1 aromatic heterocycles. The maximum Gasteiger partial charge on any atom is 0.236 e. The molecular weight excluding hydrogens is 400 g/mol. The highest BCUT2D eigenvalue weighted by Crippen LogP contribution is 2.25. The lowest BCUT2D eigenvalue weighted by Gasteiger charge is -2.40. The second-order valence-electron chi connectivity index (χ2n) is 9.70. The molecule has 6 heteroatoms.